The molecule has 0 aliphatic carbocycles. The van der Waals surface area contributed by atoms with Gasteiger partial charge in [-0.3, -0.25) is 4.90 Å². The van der Waals surface area contributed by atoms with Gasteiger partial charge in [-0.05, 0) is 71.2 Å². The fourth-order valence-electron chi connectivity index (χ4n) is 4.07. The fourth-order valence-corrected chi connectivity index (χ4v) is 4.07. The molecular weight excluding hydrogens is 222 g/mol. The number of hydrogen-bond donors (Lipinski definition) is 1. The maximum atomic E-state index is 3.91. The standard InChI is InChI=1S/C15H29N3/c1-17-9-5-13(6-10-17)12-16-14-7-11-18-8-3-2-4-15(14)18/h13-16H,2-12H2,1H3. The Morgan fingerprint density at radius 1 is 0.944 bits per heavy atom. The van der Waals surface area contributed by atoms with Gasteiger partial charge in [0, 0.05) is 18.6 Å². The number of rotatable bonds is 3. The second-order valence-corrected chi connectivity index (χ2v) is 6.65. The molecule has 2 unspecified atom stereocenters. The summed E-state index contributed by atoms with van der Waals surface area (Å²) in [6.07, 6.45) is 8.49. The highest BCUT2D eigenvalue weighted by Crippen LogP contribution is 2.27. The number of likely N-dealkylation sites (tertiary alicyclic amines) is 1. The van der Waals surface area contributed by atoms with Crippen LogP contribution in [0.1, 0.15) is 38.5 Å². The minimum Gasteiger partial charge on any atom is -0.312 e. The molecule has 0 radical (unpaired) electrons. The third kappa shape index (κ3) is 2.89. The zero-order valence-corrected chi connectivity index (χ0v) is 11.9. The third-order valence-corrected chi connectivity index (χ3v) is 5.36. The van der Waals surface area contributed by atoms with Crippen molar-refractivity contribution in [3.05, 3.63) is 0 Å². The van der Waals surface area contributed by atoms with E-state index in [1.807, 2.05) is 0 Å². The molecule has 3 aliphatic heterocycles. The van der Waals surface area contributed by atoms with Gasteiger partial charge >= 0.3 is 0 Å². The maximum Gasteiger partial charge on any atom is 0.0249 e. The first-order valence-corrected chi connectivity index (χ1v) is 7.99. The van der Waals surface area contributed by atoms with Crippen molar-refractivity contribution in [2.24, 2.45) is 5.92 Å². The molecule has 0 aromatic heterocycles. The summed E-state index contributed by atoms with van der Waals surface area (Å²) in [5.74, 6) is 0.929. The summed E-state index contributed by atoms with van der Waals surface area (Å²) in [6, 6.07) is 1.66. The molecule has 2 atom stereocenters. The lowest BCUT2D eigenvalue weighted by Gasteiger charge is -2.34. The van der Waals surface area contributed by atoms with Crippen LogP contribution < -0.4 is 5.32 Å². The topological polar surface area (TPSA) is 18.5 Å². The Bertz CT molecular complexity index is 260. The van der Waals surface area contributed by atoms with Gasteiger partial charge in [0.2, 0.25) is 0 Å². The van der Waals surface area contributed by atoms with E-state index in [1.165, 1.54) is 71.2 Å². The summed E-state index contributed by atoms with van der Waals surface area (Å²) in [5.41, 5.74) is 0. The smallest absolute Gasteiger partial charge is 0.0249 e. The molecule has 3 nitrogen and oxygen atoms in total. The highest BCUT2D eigenvalue weighted by atomic mass is 15.2. The van der Waals surface area contributed by atoms with Crippen molar-refractivity contribution in [1.29, 1.82) is 0 Å². The van der Waals surface area contributed by atoms with E-state index in [4.69, 9.17) is 0 Å². The van der Waals surface area contributed by atoms with Crippen LogP contribution in [0, 0.1) is 5.92 Å². The number of nitrogens with one attached hydrogen (secondary N) is 1. The van der Waals surface area contributed by atoms with Crippen molar-refractivity contribution in [3.8, 4) is 0 Å². The zero-order valence-electron chi connectivity index (χ0n) is 11.9. The predicted molar refractivity (Wildman–Crippen MR) is 75.8 cm³/mol. The summed E-state index contributed by atoms with van der Waals surface area (Å²) in [6.45, 7) is 6.56. The largest absolute Gasteiger partial charge is 0.312 e. The molecule has 0 amide bonds. The van der Waals surface area contributed by atoms with Crippen molar-refractivity contribution in [2.45, 2.75) is 50.6 Å². The molecule has 0 spiro atoms. The molecule has 0 aromatic carbocycles. The minimum absolute atomic E-state index is 0.796. The monoisotopic (exact) mass is 251 g/mol. The van der Waals surface area contributed by atoms with Crippen LogP contribution in [0.25, 0.3) is 0 Å². The van der Waals surface area contributed by atoms with Gasteiger partial charge in [0.1, 0.15) is 0 Å². The predicted octanol–water partition coefficient (Wildman–Crippen LogP) is 1.54. The Labute approximate surface area is 112 Å². The first-order chi connectivity index (χ1) is 8.83. The minimum atomic E-state index is 0.796. The second-order valence-electron chi connectivity index (χ2n) is 6.65. The molecule has 3 aliphatic rings. The second kappa shape index (κ2) is 5.89. The van der Waals surface area contributed by atoms with Crippen LogP contribution in [-0.4, -0.2) is 61.7 Å². The highest BCUT2D eigenvalue weighted by Gasteiger charge is 2.35. The highest BCUT2D eigenvalue weighted by molar-refractivity contribution is 4.94. The molecule has 104 valence electrons. The van der Waals surface area contributed by atoms with Crippen LogP contribution in [-0.2, 0) is 0 Å². The maximum absolute atomic E-state index is 3.91. The van der Waals surface area contributed by atoms with Crippen LogP contribution in [0.4, 0.5) is 0 Å². The van der Waals surface area contributed by atoms with Crippen LogP contribution in [0.15, 0.2) is 0 Å². The van der Waals surface area contributed by atoms with E-state index in [2.05, 4.69) is 22.2 Å². The molecule has 3 rings (SSSR count). The van der Waals surface area contributed by atoms with Crippen molar-refractivity contribution < 1.29 is 0 Å². The van der Waals surface area contributed by atoms with Gasteiger partial charge in [0.05, 0.1) is 0 Å². The Balaban J connectivity index is 1.43. The van der Waals surface area contributed by atoms with E-state index in [0.29, 0.717) is 0 Å². The van der Waals surface area contributed by atoms with E-state index >= 15 is 0 Å². The molecule has 3 heterocycles. The quantitative estimate of drug-likeness (QED) is 0.821. The van der Waals surface area contributed by atoms with Gasteiger partial charge in [0.15, 0.2) is 0 Å². The van der Waals surface area contributed by atoms with Crippen molar-refractivity contribution in [1.82, 2.24) is 15.1 Å². The van der Waals surface area contributed by atoms with E-state index in [1.54, 1.807) is 0 Å². The SMILES string of the molecule is CN1CCC(CNC2CCN3CCCCC23)CC1. The molecule has 3 saturated heterocycles. The average Bonchev–Trinajstić information content (AvgIpc) is 2.82. The first-order valence-electron chi connectivity index (χ1n) is 7.99. The lowest BCUT2D eigenvalue weighted by molar-refractivity contribution is 0.171. The van der Waals surface area contributed by atoms with Crippen LogP contribution in [0.2, 0.25) is 0 Å². The van der Waals surface area contributed by atoms with Crippen molar-refractivity contribution in [2.75, 3.05) is 39.8 Å². The summed E-state index contributed by atoms with van der Waals surface area (Å²) in [7, 11) is 2.25. The van der Waals surface area contributed by atoms with Crippen molar-refractivity contribution >= 4 is 0 Å². The Morgan fingerprint density at radius 3 is 2.61 bits per heavy atom. The lowest BCUT2D eigenvalue weighted by Crippen LogP contribution is -2.46. The van der Waals surface area contributed by atoms with Gasteiger partial charge in [-0.15, -0.1) is 0 Å². The van der Waals surface area contributed by atoms with Gasteiger partial charge in [-0.2, -0.15) is 0 Å². The summed E-state index contributed by atoms with van der Waals surface area (Å²) < 4.78 is 0. The van der Waals surface area contributed by atoms with Gasteiger partial charge in [0.25, 0.3) is 0 Å². The Hall–Kier alpha value is -0.120. The number of fused-ring (bicyclic) bond motifs is 1. The van der Waals surface area contributed by atoms with E-state index in [0.717, 1.165) is 18.0 Å². The van der Waals surface area contributed by atoms with E-state index in [9.17, 15) is 0 Å². The molecule has 0 aromatic rings. The van der Waals surface area contributed by atoms with Crippen LogP contribution >= 0.6 is 0 Å². The normalized spacial score (nSPS) is 35.8. The van der Waals surface area contributed by atoms with Gasteiger partial charge in [-0.25, -0.2) is 0 Å². The van der Waals surface area contributed by atoms with Crippen LogP contribution in [0.3, 0.4) is 0 Å². The van der Waals surface area contributed by atoms with Gasteiger partial charge < -0.3 is 10.2 Å². The zero-order chi connectivity index (χ0) is 12.4. The number of nitrogens with zero attached hydrogens (tertiary/aromatic N) is 2. The third-order valence-electron chi connectivity index (χ3n) is 5.36. The number of hydrogen-bond acceptors (Lipinski definition) is 3. The average molecular weight is 251 g/mol. The molecule has 1 N–H and O–H groups in total. The number of piperidine rings is 2. The van der Waals surface area contributed by atoms with Crippen molar-refractivity contribution in [3.63, 3.8) is 0 Å². The molecule has 3 heteroatoms. The summed E-state index contributed by atoms with van der Waals surface area (Å²) >= 11 is 0. The van der Waals surface area contributed by atoms with E-state index in [-0.39, 0.29) is 0 Å². The Kier molecular flexibility index (Phi) is 4.22. The first kappa shape index (κ1) is 12.9. The summed E-state index contributed by atoms with van der Waals surface area (Å²) in [5, 5.41) is 3.91. The summed E-state index contributed by atoms with van der Waals surface area (Å²) in [4.78, 5) is 5.20. The van der Waals surface area contributed by atoms with Crippen LogP contribution in [0.5, 0.6) is 0 Å². The molecular formula is C15H29N3. The lowest BCUT2D eigenvalue weighted by atomic mass is 9.95. The molecule has 18 heavy (non-hydrogen) atoms. The van der Waals surface area contributed by atoms with E-state index < -0.39 is 0 Å². The van der Waals surface area contributed by atoms with Gasteiger partial charge in [-0.1, -0.05) is 6.42 Å². The molecule has 0 bridgehead atoms. The fraction of sp³-hybridized carbons (Fsp3) is 1.00. The molecule has 0 saturated carbocycles. The Morgan fingerprint density at radius 2 is 1.78 bits per heavy atom. The molecule has 3 fully saturated rings.